The molecule has 1 aromatic heterocycles. The SMILES string of the molecule is COc1ccc(Cc2nnc(SCCN3C(=O)c4ccccc4C3=O)n2N)cc1. The van der Waals surface area contributed by atoms with Crippen LogP contribution in [0.25, 0.3) is 0 Å². The summed E-state index contributed by atoms with van der Waals surface area (Å²) in [6.45, 7) is 0.275. The van der Waals surface area contributed by atoms with Gasteiger partial charge in [-0.2, -0.15) is 0 Å². The number of nitrogen functional groups attached to an aromatic ring is 1. The molecule has 2 heterocycles. The van der Waals surface area contributed by atoms with E-state index in [1.807, 2.05) is 24.3 Å². The summed E-state index contributed by atoms with van der Waals surface area (Å²) < 4.78 is 6.60. The Balaban J connectivity index is 1.36. The fraction of sp³-hybridized carbons (Fsp3) is 0.200. The van der Waals surface area contributed by atoms with Gasteiger partial charge in [0.05, 0.1) is 18.2 Å². The van der Waals surface area contributed by atoms with E-state index in [0.717, 1.165) is 11.3 Å². The van der Waals surface area contributed by atoms with Crippen molar-refractivity contribution in [3.63, 3.8) is 0 Å². The average Bonchev–Trinajstić information content (AvgIpc) is 3.21. The van der Waals surface area contributed by atoms with Gasteiger partial charge in [-0.1, -0.05) is 36.0 Å². The number of methoxy groups -OCH3 is 1. The van der Waals surface area contributed by atoms with Crippen molar-refractivity contribution < 1.29 is 14.3 Å². The van der Waals surface area contributed by atoms with Crippen LogP contribution in [0.15, 0.2) is 53.7 Å². The van der Waals surface area contributed by atoms with Crippen LogP contribution in [-0.4, -0.2) is 51.0 Å². The van der Waals surface area contributed by atoms with Crippen LogP contribution in [0.4, 0.5) is 0 Å². The van der Waals surface area contributed by atoms with Gasteiger partial charge < -0.3 is 10.6 Å². The predicted molar refractivity (Wildman–Crippen MR) is 109 cm³/mol. The fourth-order valence-electron chi connectivity index (χ4n) is 3.12. The summed E-state index contributed by atoms with van der Waals surface area (Å²) >= 11 is 1.35. The van der Waals surface area contributed by atoms with Crippen LogP contribution < -0.4 is 10.6 Å². The van der Waals surface area contributed by atoms with Crippen molar-refractivity contribution in [1.29, 1.82) is 0 Å². The highest BCUT2D eigenvalue weighted by Crippen LogP contribution is 2.24. The summed E-state index contributed by atoms with van der Waals surface area (Å²) in [5.41, 5.74) is 1.94. The lowest BCUT2D eigenvalue weighted by atomic mass is 10.1. The van der Waals surface area contributed by atoms with Crippen molar-refractivity contribution in [2.24, 2.45) is 0 Å². The van der Waals surface area contributed by atoms with Crippen molar-refractivity contribution >= 4 is 23.6 Å². The van der Waals surface area contributed by atoms with Crippen molar-refractivity contribution in [2.75, 3.05) is 25.3 Å². The number of nitrogens with two attached hydrogens (primary N) is 1. The molecule has 0 unspecified atom stereocenters. The molecule has 4 rings (SSSR count). The molecule has 1 aliphatic heterocycles. The first-order valence-corrected chi connectivity index (χ1v) is 9.97. The number of carbonyl (C=O) groups excluding carboxylic acids is 2. The third-order valence-corrected chi connectivity index (χ3v) is 5.60. The number of thioether (sulfide) groups is 1. The molecule has 9 heteroatoms. The van der Waals surface area contributed by atoms with Gasteiger partial charge in [-0.15, -0.1) is 10.2 Å². The summed E-state index contributed by atoms with van der Waals surface area (Å²) in [7, 11) is 1.62. The summed E-state index contributed by atoms with van der Waals surface area (Å²) in [5.74, 6) is 7.48. The Morgan fingerprint density at radius 3 is 2.28 bits per heavy atom. The highest BCUT2D eigenvalue weighted by molar-refractivity contribution is 7.99. The molecule has 8 nitrogen and oxygen atoms in total. The van der Waals surface area contributed by atoms with E-state index in [4.69, 9.17) is 10.6 Å². The van der Waals surface area contributed by atoms with Crippen molar-refractivity contribution in [2.45, 2.75) is 11.6 Å². The number of hydrogen-bond acceptors (Lipinski definition) is 7. The Morgan fingerprint density at radius 1 is 1.00 bits per heavy atom. The highest BCUT2D eigenvalue weighted by Gasteiger charge is 2.34. The Kier molecular flexibility index (Phi) is 5.22. The van der Waals surface area contributed by atoms with E-state index >= 15 is 0 Å². The Morgan fingerprint density at radius 2 is 1.66 bits per heavy atom. The molecule has 0 aliphatic carbocycles. The monoisotopic (exact) mass is 409 g/mol. The maximum Gasteiger partial charge on any atom is 0.261 e. The predicted octanol–water partition coefficient (Wildman–Crippen LogP) is 1.98. The zero-order valence-corrected chi connectivity index (χ0v) is 16.6. The first kappa shape index (κ1) is 19.0. The van der Waals surface area contributed by atoms with Crippen molar-refractivity contribution in [1.82, 2.24) is 19.8 Å². The smallest absolute Gasteiger partial charge is 0.261 e. The summed E-state index contributed by atoms with van der Waals surface area (Å²) in [6.07, 6.45) is 0.534. The second-order valence-electron chi connectivity index (χ2n) is 6.45. The lowest BCUT2D eigenvalue weighted by molar-refractivity contribution is 0.0664. The molecule has 2 aromatic carbocycles. The molecule has 2 N–H and O–H groups in total. The first-order valence-electron chi connectivity index (χ1n) is 8.99. The normalized spacial score (nSPS) is 13.1. The van der Waals surface area contributed by atoms with Crippen LogP contribution in [0.2, 0.25) is 0 Å². The largest absolute Gasteiger partial charge is 0.497 e. The quantitative estimate of drug-likeness (QED) is 0.361. The Bertz CT molecular complexity index is 1030. The van der Waals surface area contributed by atoms with E-state index in [1.165, 1.54) is 21.3 Å². The minimum Gasteiger partial charge on any atom is -0.497 e. The second kappa shape index (κ2) is 7.96. The number of ether oxygens (including phenoxy) is 1. The molecule has 3 aromatic rings. The number of aromatic nitrogens is 3. The number of carbonyl (C=O) groups is 2. The topological polar surface area (TPSA) is 103 Å². The molecule has 0 spiro atoms. The summed E-state index contributed by atoms with van der Waals surface area (Å²) in [6, 6.07) is 14.5. The average molecular weight is 409 g/mol. The number of hydrogen-bond donors (Lipinski definition) is 1. The molecule has 0 saturated heterocycles. The molecule has 0 atom stereocenters. The van der Waals surface area contributed by atoms with Crippen molar-refractivity contribution in [3.05, 3.63) is 71.0 Å². The van der Waals surface area contributed by atoms with E-state index in [-0.39, 0.29) is 18.4 Å². The van der Waals surface area contributed by atoms with Gasteiger partial charge in [-0.3, -0.25) is 14.5 Å². The molecular formula is C20H19N5O3S. The Hall–Kier alpha value is -3.33. The third-order valence-electron chi connectivity index (χ3n) is 4.68. The van der Waals surface area contributed by atoms with E-state index in [1.54, 1.807) is 31.4 Å². The van der Waals surface area contributed by atoms with Crippen molar-refractivity contribution in [3.8, 4) is 5.75 Å². The second-order valence-corrected chi connectivity index (χ2v) is 7.51. The van der Waals surface area contributed by atoms with Gasteiger partial charge in [0.25, 0.3) is 11.8 Å². The number of fused-ring (bicyclic) bond motifs is 1. The van der Waals surface area contributed by atoms with Crippen LogP contribution >= 0.6 is 11.8 Å². The number of amides is 2. The molecule has 0 bridgehead atoms. The molecule has 0 saturated carbocycles. The van der Waals surface area contributed by atoms with Gasteiger partial charge in [-0.05, 0) is 29.8 Å². The highest BCUT2D eigenvalue weighted by atomic mass is 32.2. The first-order chi connectivity index (χ1) is 14.1. The standard InChI is InChI=1S/C20H19N5O3S/c1-28-14-8-6-13(7-9-14)12-17-22-23-20(25(17)21)29-11-10-24-18(26)15-4-2-3-5-16(15)19(24)27/h2-9H,10-12,21H2,1H3. The van der Waals surface area contributed by atoms with E-state index in [2.05, 4.69) is 10.2 Å². The van der Waals surface area contributed by atoms with Gasteiger partial charge in [0, 0.05) is 18.7 Å². The molecule has 0 radical (unpaired) electrons. The molecule has 1 aliphatic rings. The molecule has 29 heavy (non-hydrogen) atoms. The maximum atomic E-state index is 12.4. The number of benzene rings is 2. The third kappa shape index (κ3) is 3.68. The fourth-order valence-corrected chi connectivity index (χ4v) is 3.92. The minimum atomic E-state index is -0.263. The van der Waals surface area contributed by atoms with E-state index in [0.29, 0.717) is 34.3 Å². The van der Waals surface area contributed by atoms with E-state index < -0.39 is 0 Å². The van der Waals surface area contributed by atoms with Crippen LogP contribution in [0, 0.1) is 0 Å². The van der Waals surface area contributed by atoms with Gasteiger partial charge in [0.2, 0.25) is 5.16 Å². The van der Waals surface area contributed by atoms with Gasteiger partial charge >= 0.3 is 0 Å². The molecular weight excluding hydrogens is 390 g/mol. The lowest BCUT2D eigenvalue weighted by Crippen LogP contribution is -2.32. The van der Waals surface area contributed by atoms with Gasteiger partial charge in [0.15, 0.2) is 5.82 Å². The number of nitrogens with zero attached hydrogens (tertiary/aromatic N) is 4. The number of rotatable bonds is 7. The summed E-state index contributed by atoms with van der Waals surface area (Å²) in [5, 5.41) is 8.81. The van der Waals surface area contributed by atoms with E-state index in [9.17, 15) is 9.59 Å². The molecule has 0 fully saturated rings. The maximum absolute atomic E-state index is 12.4. The molecule has 2 amide bonds. The van der Waals surface area contributed by atoms with Crippen LogP contribution in [0.3, 0.4) is 0 Å². The molecule has 148 valence electrons. The van der Waals surface area contributed by atoms with Crippen LogP contribution in [-0.2, 0) is 6.42 Å². The van der Waals surface area contributed by atoms with Gasteiger partial charge in [0.1, 0.15) is 5.75 Å². The zero-order chi connectivity index (χ0) is 20.4. The Labute approximate surface area is 171 Å². The van der Waals surface area contributed by atoms with Gasteiger partial charge in [-0.25, -0.2) is 4.68 Å². The number of imide groups is 1. The zero-order valence-electron chi connectivity index (χ0n) is 15.7. The van der Waals surface area contributed by atoms with Crippen LogP contribution in [0.1, 0.15) is 32.1 Å². The minimum absolute atomic E-state index is 0.263. The lowest BCUT2D eigenvalue weighted by Gasteiger charge is -2.13. The van der Waals surface area contributed by atoms with Crippen LogP contribution in [0.5, 0.6) is 5.75 Å². The summed E-state index contributed by atoms with van der Waals surface area (Å²) in [4.78, 5) is 26.1.